The second-order valence-corrected chi connectivity index (χ2v) is 11.7. The van der Waals surface area contributed by atoms with E-state index in [1.165, 1.54) is 0 Å². The van der Waals surface area contributed by atoms with Gasteiger partial charge in [-0.15, -0.1) is 22.7 Å². The molecule has 0 atom stereocenters. The van der Waals surface area contributed by atoms with Crippen molar-refractivity contribution in [3.63, 3.8) is 0 Å². The smallest absolute Gasteiger partial charge is 0.393 e. The Morgan fingerprint density at radius 1 is 0.560 bits per heavy atom. The van der Waals surface area contributed by atoms with Gasteiger partial charge in [0.05, 0.1) is 14.2 Å². The van der Waals surface area contributed by atoms with E-state index in [4.69, 9.17) is 0 Å². The number of hydrogen-bond donors (Lipinski definition) is 2. The quantitative estimate of drug-likeness (QED) is 0.118. The molecule has 2 aromatic heterocycles. The van der Waals surface area contributed by atoms with Gasteiger partial charge in [0.2, 0.25) is 0 Å². The summed E-state index contributed by atoms with van der Waals surface area (Å²) in [5.41, 5.74) is -1.87. The monoisotopic (exact) mass is 756 g/mol. The number of hydrogen-bond acceptors (Lipinski definition) is 8. The number of amides is 2. The Labute approximate surface area is 281 Å². The molecular weight excluding hydrogens is 738 g/mol. The molecule has 0 fully saturated rings. The number of rotatable bonds is 11. The molecule has 2 N–H and O–H groups in total. The van der Waals surface area contributed by atoms with Crippen molar-refractivity contribution in [1.82, 2.24) is 0 Å². The summed E-state index contributed by atoms with van der Waals surface area (Å²) >= 11 is 0.480. The van der Waals surface area contributed by atoms with Crippen LogP contribution in [-0.4, -0.2) is 61.7 Å². The van der Waals surface area contributed by atoms with E-state index in [-0.39, 0.29) is 44.9 Å². The predicted octanol–water partition coefficient (Wildman–Crippen LogP) is 8.11. The van der Waals surface area contributed by atoms with E-state index >= 15 is 0 Å². The topological polar surface area (TPSA) is 111 Å². The van der Waals surface area contributed by atoms with Crippen LogP contribution in [0.3, 0.4) is 0 Å². The molecule has 0 aliphatic rings. The maximum atomic E-state index is 14.9. The van der Waals surface area contributed by atoms with E-state index in [1.807, 2.05) is 0 Å². The van der Waals surface area contributed by atoms with Crippen molar-refractivity contribution in [2.24, 2.45) is 0 Å². The summed E-state index contributed by atoms with van der Waals surface area (Å²) in [6.45, 7) is 0. The van der Waals surface area contributed by atoms with E-state index < -0.39 is 80.2 Å². The summed E-state index contributed by atoms with van der Waals surface area (Å²) in [7, 11) is 1.59. The number of carbonyl (C=O) groups is 4. The first-order valence-electron chi connectivity index (χ1n) is 13.3. The SMILES string of the molecule is COC(=O)c1c(-c2ccc(F)cc2)csc1NC(=O)C(F)(F)C(F)(F)C(F)(F)C(F)(F)C(=O)Nc1scc(-c2ccc(F)cc2)c1C(=O)OC. The van der Waals surface area contributed by atoms with E-state index in [9.17, 15) is 63.1 Å². The Hall–Kier alpha value is -4.98. The zero-order valence-corrected chi connectivity index (χ0v) is 26.5. The molecule has 50 heavy (non-hydrogen) atoms. The van der Waals surface area contributed by atoms with E-state index in [0.29, 0.717) is 0 Å². The first kappa shape index (κ1) is 37.8. The fourth-order valence-corrected chi connectivity index (χ4v) is 6.14. The lowest BCUT2D eigenvalue weighted by Crippen LogP contribution is -2.67. The lowest BCUT2D eigenvalue weighted by atomic mass is 9.97. The highest BCUT2D eigenvalue weighted by Crippen LogP contribution is 2.54. The van der Waals surface area contributed by atoms with Crippen molar-refractivity contribution >= 4 is 56.4 Å². The molecule has 2 aromatic carbocycles. The average molecular weight is 757 g/mol. The largest absolute Gasteiger partial charge is 0.465 e. The summed E-state index contributed by atoms with van der Waals surface area (Å²) in [4.78, 5) is 49.6. The maximum Gasteiger partial charge on any atom is 0.393 e. The van der Waals surface area contributed by atoms with Gasteiger partial charge in [-0.25, -0.2) is 18.4 Å². The highest BCUT2D eigenvalue weighted by atomic mass is 32.1. The maximum absolute atomic E-state index is 14.9. The summed E-state index contributed by atoms with van der Waals surface area (Å²) in [6.07, 6.45) is 0. The van der Waals surface area contributed by atoms with Crippen LogP contribution in [0.4, 0.5) is 53.9 Å². The molecule has 0 spiro atoms. The van der Waals surface area contributed by atoms with Crippen LogP contribution in [0.1, 0.15) is 20.7 Å². The average Bonchev–Trinajstić information content (AvgIpc) is 3.68. The van der Waals surface area contributed by atoms with Gasteiger partial charge in [-0.2, -0.15) is 35.1 Å². The van der Waals surface area contributed by atoms with Crippen LogP contribution < -0.4 is 10.6 Å². The van der Waals surface area contributed by atoms with Gasteiger partial charge in [0.25, 0.3) is 0 Å². The second-order valence-electron chi connectivity index (χ2n) is 9.91. The third-order valence-electron chi connectivity index (χ3n) is 6.88. The summed E-state index contributed by atoms with van der Waals surface area (Å²) in [5.74, 6) is -38.7. The highest BCUT2D eigenvalue weighted by Gasteiger charge is 2.84. The normalized spacial score (nSPS) is 12.3. The second kappa shape index (κ2) is 13.7. The highest BCUT2D eigenvalue weighted by molar-refractivity contribution is 7.15. The number of halogens is 10. The van der Waals surface area contributed by atoms with Crippen LogP contribution in [0.2, 0.25) is 0 Å². The molecule has 0 aliphatic carbocycles. The number of anilines is 2. The number of esters is 2. The van der Waals surface area contributed by atoms with Crippen LogP contribution in [0.15, 0.2) is 59.3 Å². The van der Waals surface area contributed by atoms with Crippen molar-refractivity contribution in [2.75, 3.05) is 24.9 Å². The van der Waals surface area contributed by atoms with Gasteiger partial charge < -0.3 is 20.1 Å². The molecule has 0 radical (unpaired) electrons. The molecule has 2 amide bonds. The molecule has 0 unspecified atom stereocenters. The molecule has 8 nitrogen and oxygen atoms in total. The van der Waals surface area contributed by atoms with Crippen molar-refractivity contribution in [3.05, 3.63) is 82.1 Å². The molecule has 0 aliphatic heterocycles. The van der Waals surface area contributed by atoms with Crippen LogP contribution in [0, 0.1) is 11.6 Å². The third kappa shape index (κ3) is 6.51. The molecule has 0 bridgehead atoms. The van der Waals surface area contributed by atoms with Crippen molar-refractivity contribution < 1.29 is 72.6 Å². The van der Waals surface area contributed by atoms with Crippen molar-refractivity contribution in [1.29, 1.82) is 0 Å². The Kier molecular flexibility index (Phi) is 10.4. The Bertz CT molecular complexity index is 1800. The number of benzene rings is 2. The summed E-state index contributed by atoms with van der Waals surface area (Å²) in [6, 6.07) is 8.05. The summed E-state index contributed by atoms with van der Waals surface area (Å²) < 4.78 is 155. The number of methoxy groups -OCH3 is 2. The third-order valence-corrected chi connectivity index (χ3v) is 8.67. The molecule has 4 rings (SSSR count). The molecule has 4 aromatic rings. The van der Waals surface area contributed by atoms with Crippen molar-refractivity contribution in [3.8, 4) is 22.3 Å². The lowest BCUT2D eigenvalue weighted by molar-refractivity contribution is -0.345. The number of thiophene rings is 2. The number of ether oxygens (including phenoxy) is 2. The molecular formula is C30H18F10N2O6S2. The minimum atomic E-state index is -7.30. The fraction of sp³-hybridized carbons (Fsp3) is 0.200. The van der Waals surface area contributed by atoms with Crippen LogP contribution in [0.25, 0.3) is 22.3 Å². The Morgan fingerprint density at radius 2 is 0.860 bits per heavy atom. The standard InChI is InChI=1S/C30H18F10N2O6S2/c1-47-23(43)19-17(13-3-7-15(31)8-4-13)11-49-21(19)41-25(45)27(33,34)29(37,38)30(39,40)28(35,36)26(46)42-22-20(24(44)48-2)18(12-50-22)14-5-9-16(32)10-6-14/h3-12H,1-2H3,(H,41,45)(H,42,46). The van der Waals surface area contributed by atoms with Crippen LogP contribution in [-0.2, 0) is 19.1 Å². The van der Waals surface area contributed by atoms with Crippen LogP contribution >= 0.6 is 22.7 Å². The number of nitrogens with one attached hydrogen (secondary N) is 2. The van der Waals surface area contributed by atoms with Gasteiger partial charge in [0, 0.05) is 21.9 Å². The molecule has 0 saturated heterocycles. The first-order valence-corrected chi connectivity index (χ1v) is 15.0. The van der Waals surface area contributed by atoms with Gasteiger partial charge >= 0.3 is 47.4 Å². The Morgan fingerprint density at radius 3 is 1.14 bits per heavy atom. The molecule has 2 heterocycles. The van der Waals surface area contributed by atoms with Gasteiger partial charge in [0.15, 0.2) is 0 Å². The number of carbonyl (C=O) groups excluding carboxylic acids is 4. The van der Waals surface area contributed by atoms with E-state index in [2.05, 4.69) is 9.47 Å². The van der Waals surface area contributed by atoms with E-state index in [0.717, 1.165) is 84.1 Å². The van der Waals surface area contributed by atoms with Gasteiger partial charge in [-0.05, 0) is 35.4 Å². The van der Waals surface area contributed by atoms with Crippen molar-refractivity contribution in [2.45, 2.75) is 23.7 Å². The van der Waals surface area contributed by atoms with Gasteiger partial charge in [0.1, 0.15) is 32.8 Å². The van der Waals surface area contributed by atoms with Crippen LogP contribution in [0.5, 0.6) is 0 Å². The number of alkyl halides is 8. The zero-order valence-electron chi connectivity index (χ0n) is 24.8. The molecule has 0 saturated carbocycles. The first-order chi connectivity index (χ1) is 23.2. The minimum Gasteiger partial charge on any atom is -0.465 e. The molecule has 266 valence electrons. The van der Waals surface area contributed by atoms with Gasteiger partial charge in [-0.1, -0.05) is 24.3 Å². The van der Waals surface area contributed by atoms with E-state index in [1.54, 1.807) is 0 Å². The Balaban J connectivity index is 1.64. The summed E-state index contributed by atoms with van der Waals surface area (Å²) in [5, 5.41) is 2.36. The minimum absolute atomic E-state index is 0.0312. The molecule has 20 heteroatoms. The predicted molar refractivity (Wildman–Crippen MR) is 159 cm³/mol. The fourth-order valence-electron chi connectivity index (χ4n) is 4.24. The van der Waals surface area contributed by atoms with Gasteiger partial charge in [-0.3, -0.25) is 9.59 Å². The zero-order chi connectivity index (χ0) is 37.4. The lowest BCUT2D eigenvalue weighted by Gasteiger charge is -2.35.